The summed E-state index contributed by atoms with van der Waals surface area (Å²) in [7, 11) is 0. The molecule has 2 aromatic heterocycles. The lowest BCUT2D eigenvalue weighted by atomic mass is 9.98. The van der Waals surface area contributed by atoms with Crippen molar-refractivity contribution in [3.05, 3.63) is 206 Å². The van der Waals surface area contributed by atoms with E-state index in [4.69, 9.17) is 15.0 Å². The molecule has 0 bridgehead atoms. The van der Waals surface area contributed by atoms with Gasteiger partial charge in [-0.15, -0.1) is 0 Å². The van der Waals surface area contributed by atoms with Gasteiger partial charge in [0, 0.05) is 33.2 Å². The molecule has 0 radical (unpaired) electrons. The molecule has 8 aromatic carbocycles. The van der Waals surface area contributed by atoms with Gasteiger partial charge in [-0.3, -0.25) is 0 Å². The van der Waals surface area contributed by atoms with Crippen molar-refractivity contribution in [2.75, 3.05) is 0 Å². The van der Waals surface area contributed by atoms with Crippen LogP contribution in [-0.2, 0) is 0 Å². The average molecular weight is 703 g/mol. The van der Waals surface area contributed by atoms with Crippen LogP contribution in [0.3, 0.4) is 0 Å². The zero-order chi connectivity index (χ0) is 36.6. The highest BCUT2D eigenvalue weighted by molar-refractivity contribution is 6.16. The van der Waals surface area contributed by atoms with Crippen LogP contribution in [0.2, 0.25) is 0 Å². The summed E-state index contributed by atoms with van der Waals surface area (Å²) < 4.78 is 2.36. The summed E-state index contributed by atoms with van der Waals surface area (Å²) in [6, 6.07) is 72.2. The second-order valence-electron chi connectivity index (χ2n) is 13.7. The predicted octanol–water partition coefficient (Wildman–Crippen LogP) is 13.0. The smallest absolute Gasteiger partial charge is 0.164 e. The number of hydrogen-bond acceptors (Lipinski definition) is 3. The Morgan fingerprint density at radius 1 is 0.291 bits per heavy atom. The van der Waals surface area contributed by atoms with Gasteiger partial charge >= 0.3 is 0 Å². The summed E-state index contributed by atoms with van der Waals surface area (Å²) in [6.07, 6.45) is 0. The molecule has 4 nitrogen and oxygen atoms in total. The minimum atomic E-state index is 0.620. The number of hydrogen-bond donors (Lipinski definition) is 0. The molecule has 0 aliphatic carbocycles. The summed E-state index contributed by atoms with van der Waals surface area (Å²) in [5, 5.41) is 2.23. The van der Waals surface area contributed by atoms with E-state index in [-0.39, 0.29) is 0 Å². The molecule has 0 saturated carbocycles. The first-order valence-corrected chi connectivity index (χ1v) is 18.5. The summed E-state index contributed by atoms with van der Waals surface area (Å²) in [6.45, 7) is 0. The van der Waals surface area contributed by atoms with E-state index in [1.165, 1.54) is 5.56 Å². The van der Waals surface area contributed by atoms with Crippen LogP contribution in [0.5, 0.6) is 0 Å². The van der Waals surface area contributed by atoms with E-state index in [0.29, 0.717) is 17.5 Å². The van der Waals surface area contributed by atoms with E-state index in [1.54, 1.807) is 0 Å². The lowest BCUT2D eigenvalue weighted by Crippen LogP contribution is -2.01. The number of nitrogens with zero attached hydrogens (tertiary/aromatic N) is 4. The van der Waals surface area contributed by atoms with Gasteiger partial charge in [0.25, 0.3) is 0 Å². The number of rotatable bonds is 7. The van der Waals surface area contributed by atoms with Gasteiger partial charge in [-0.1, -0.05) is 170 Å². The first kappa shape index (κ1) is 32.2. The summed E-state index contributed by atoms with van der Waals surface area (Å²) in [5.41, 5.74) is 12.9. The quantitative estimate of drug-likeness (QED) is 0.166. The third kappa shape index (κ3) is 6.06. The van der Waals surface area contributed by atoms with Gasteiger partial charge in [0.15, 0.2) is 17.5 Å². The monoisotopic (exact) mass is 702 g/mol. The SMILES string of the molecule is c1ccc(-c2ccc(-c3nc(-c4cccc(-c5ccccc5)c4)nc(-c4cc(-c5ccccc5)cc5c4c4ccccc4n5-c4ccccc4)n3)cc2)cc1. The van der Waals surface area contributed by atoms with Gasteiger partial charge in [0.2, 0.25) is 0 Å². The van der Waals surface area contributed by atoms with Gasteiger partial charge < -0.3 is 4.57 Å². The second-order valence-corrected chi connectivity index (χ2v) is 13.7. The molecule has 0 N–H and O–H groups in total. The van der Waals surface area contributed by atoms with Crippen molar-refractivity contribution in [3.63, 3.8) is 0 Å². The Kier molecular flexibility index (Phi) is 8.12. The Morgan fingerprint density at radius 3 is 1.44 bits per heavy atom. The normalized spacial score (nSPS) is 11.3. The molecule has 0 aliphatic heterocycles. The molecular weight excluding hydrogens is 669 g/mol. The molecule has 0 amide bonds. The lowest BCUT2D eigenvalue weighted by molar-refractivity contribution is 1.08. The summed E-state index contributed by atoms with van der Waals surface area (Å²) >= 11 is 0. The maximum Gasteiger partial charge on any atom is 0.164 e. The second kappa shape index (κ2) is 13.8. The van der Waals surface area contributed by atoms with E-state index in [2.05, 4.69) is 199 Å². The highest BCUT2D eigenvalue weighted by Gasteiger charge is 2.21. The predicted molar refractivity (Wildman–Crippen MR) is 227 cm³/mol. The van der Waals surface area contributed by atoms with Crippen LogP contribution in [0.15, 0.2) is 206 Å². The third-order valence-corrected chi connectivity index (χ3v) is 10.2. The first-order valence-electron chi connectivity index (χ1n) is 18.5. The fourth-order valence-electron chi connectivity index (χ4n) is 7.59. The Labute approximate surface area is 319 Å². The Morgan fingerprint density at radius 2 is 0.764 bits per heavy atom. The molecule has 0 spiro atoms. The minimum absolute atomic E-state index is 0.620. The zero-order valence-corrected chi connectivity index (χ0v) is 29.9. The van der Waals surface area contributed by atoms with Crippen molar-refractivity contribution >= 4 is 21.8 Å². The van der Waals surface area contributed by atoms with Crippen LogP contribution < -0.4 is 0 Å². The molecule has 0 unspecified atom stereocenters. The fraction of sp³-hybridized carbons (Fsp3) is 0. The summed E-state index contributed by atoms with van der Waals surface area (Å²) in [5.74, 6) is 1.86. The van der Waals surface area contributed by atoms with E-state index in [9.17, 15) is 0 Å². The van der Waals surface area contributed by atoms with Gasteiger partial charge in [0.05, 0.1) is 11.0 Å². The van der Waals surface area contributed by atoms with E-state index in [1.807, 2.05) is 12.1 Å². The summed E-state index contributed by atoms with van der Waals surface area (Å²) in [4.78, 5) is 15.9. The number of benzene rings is 8. The lowest BCUT2D eigenvalue weighted by Gasteiger charge is -2.13. The van der Waals surface area contributed by atoms with E-state index >= 15 is 0 Å². The highest BCUT2D eigenvalue weighted by atomic mass is 15.0. The van der Waals surface area contributed by atoms with E-state index in [0.717, 1.165) is 72.0 Å². The van der Waals surface area contributed by atoms with Gasteiger partial charge in [0.1, 0.15) is 0 Å². The van der Waals surface area contributed by atoms with Gasteiger partial charge in [-0.2, -0.15) is 0 Å². The van der Waals surface area contributed by atoms with Crippen molar-refractivity contribution in [2.24, 2.45) is 0 Å². The van der Waals surface area contributed by atoms with Crippen molar-refractivity contribution in [1.82, 2.24) is 19.5 Å². The average Bonchev–Trinajstić information content (AvgIpc) is 3.61. The van der Waals surface area contributed by atoms with Gasteiger partial charge in [-0.05, 0) is 69.8 Å². The molecule has 0 atom stereocenters. The van der Waals surface area contributed by atoms with Crippen molar-refractivity contribution in [1.29, 1.82) is 0 Å². The largest absolute Gasteiger partial charge is 0.309 e. The molecule has 55 heavy (non-hydrogen) atoms. The van der Waals surface area contributed by atoms with Gasteiger partial charge in [-0.25, -0.2) is 15.0 Å². The number of para-hydroxylation sites is 2. The maximum atomic E-state index is 5.34. The Balaban J connectivity index is 1.25. The Bertz CT molecular complexity index is 2940. The molecule has 4 heteroatoms. The topological polar surface area (TPSA) is 43.6 Å². The molecule has 10 rings (SSSR count). The van der Waals surface area contributed by atoms with E-state index < -0.39 is 0 Å². The van der Waals surface area contributed by atoms with Crippen LogP contribution in [-0.4, -0.2) is 19.5 Å². The van der Waals surface area contributed by atoms with Crippen LogP contribution in [0.25, 0.3) is 95.0 Å². The number of aromatic nitrogens is 4. The molecule has 0 fully saturated rings. The number of fused-ring (bicyclic) bond motifs is 3. The maximum absolute atomic E-state index is 5.34. The third-order valence-electron chi connectivity index (χ3n) is 10.2. The van der Waals surface area contributed by atoms with Crippen LogP contribution in [0.1, 0.15) is 0 Å². The Hall–Kier alpha value is -7.43. The zero-order valence-electron chi connectivity index (χ0n) is 29.9. The molecule has 0 saturated heterocycles. The van der Waals surface area contributed by atoms with Crippen LogP contribution >= 0.6 is 0 Å². The van der Waals surface area contributed by atoms with Crippen molar-refractivity contribution < 1.29 is 0 Å². The minimum Gasteiger partial charge on any atom is -0.309 e. The van der Waals surface area contributed by atoms with Crippen molar-refractivity contribution in [2.45, 2.75) is 0 Å². The van der Waals surface area contributed by atoms with Crippen molar-refractivity contribution in [3.8, 4) is 73.2 Å². The fourth-order valence-corrected chi connectivity index (χ4v) is 7.59. The standard InChI is InChI=1S/C51H34N4/c1-5-16-35(17-6-1)38-28-30-39(31-29-38)49-52-50(41-23-15-22-40(32-41)36-18-7-2-8-19-36)54-51(53-49)45-33-42(37-20-9-3-10-21-37)34-47-48(45)44-26-13-14-27-46(44)55(47)43-24-11-4-12-25-43/h1-34H. The van der Waals surface area contributed by atoms with Crippen LogP contribution in [0.4, 0.5) is 0 Å². The molecule has 10 aromatic rings. The molecule has 2 heterocycles. The van der Waals surface area contributed by atoms with Crippen LogP contribution in [0, 0.1) is 0 Å². The first-order chi connectivity index (χ1) is 27.3. The molecular formula is C51H34N4. The highest BCUT2D eigenvalue weighted by Crippen LogP contribution is 2.41. The molecule has 0 aliphatic rings. The molecule has 258 valence electrons.